The zero-order chi connectivity index (χ0) is 19.6. The van der Waals surface area contributed by atoms with Gasteiger partial charge in [-0.05, 0) is 38.3 Å². The Morgan fingerprint density at radius 1 is 1.30 bits per heavy atom. The summed E-state index contributed by atoms with van der Waals surface area (Å²) in [5, 5.41) is 4.12. The van der Waals surface area contributed by atoms with E-state index in [2.05, 4.69) is 31.1 Å². The highest BCUT2D eigenvalue weighted by molar-refractivity contribution is 7.11. The van der Waals surface area contributed by atoms with Crippen LogP contribution < -0.4 is 10.2 Å². The van der Waals surface area contributed by atoms with Crippen molar-refractivity contribution in [2.24, 2.45) is 11.8 Å². The minimum absolute atomic E-state index is 0.00250. The van der Waals surface area contributed by atoms with Crippen molar-refractivity contribution in [1.29, 1.82) is 0 Å². The van der Waals surface area contributed by atoms with Crippen LogP contribution in [0.2, 0.25) is 0 Å². The van der Waals surface area contributed by atoms with E-state index in [4.69, 9.17) is 0 Å². The molecule has 3 rings (SSSR count). The number of nitrogens with zero attached hydrogens (tertiary/aromatic N) is 2. The Morgan fingerprint density at radius 2 is 2.00 bits per heavy atom. The Labute approximate surface area is 164 Å². The number of benzene rings is 1. The van der Waals surface area contributed by atoms with Gasteiger partial charge in [0.15, 0.2) is 0 Å². The van der Waals surface area contributed by atoms with Crippen LogP contribution >= 0.6 is 11.3 Å². The number of carbonyl (C=O) groups excluding carboxylic acids is 2. The Bertz CT molecular complexity index is 797. The molecule has 27 heavy (non-hydrogen) atoms. The molecule has 2 amide bonds. The number of amides is 2. The first-order valence-electron chi connectivity index (χ1n) is 9.45. The van der Waals surface area contributed by atoms with Crippen LogP contribution in [-0.2, 0) is 9.59 Å². The van der Waals surface area contributed by atoms with Gasteiger partial charge in [-0.2, -0.15) is 0 Å². The third kappa shape index (κ3) is 4.56. The van der Waals surface area contributed by atoms with Crippen molar-refractivity contribution in [2.75, 3.05) is 11.4 Å². The molecule has 1 N–H and O–H groups in total. The van der Waals surface area contributed by atoms with E-state index >= 15 is 0 Å². The lowest BCUT2D eigenvalue weighted by atomic mass is 10.0. The fraction of sp³-hybridized carbons (Fsp3) is 0.476. The van der Waals surface area contributed by atoms with Gasteiger partial charge in [-0.3, -0.25) is 9.59 Å². The van der Waals surface area contributed by atoms with Gasteiger partial charge >= 0.3 is 0 Å². The summed E-state index contributed by atoms with van der Waals surface area (Å²) in [6.07, 6.45) is 1.09. The molecule has 1 aliphatic rings. The molecule has 1 aromatic carbocycles. The number of hydrogen-bond donors (Lipinski definition) is 1. The number of hydrogen-bond acceptors (Lipinski definition) is 4. The van der Waals surface area contributed by atoms with E-state index in [1.54, 1.807) is 16.2 Å². The number of thiazole rings is 1. The molecular formula is C21H27N3O2S. The van der Waals surface area contributed by atoms with E-state index in [9.17, 15) is 9.59 Å². The fourth-order valence-electron chi connectivity index (χ4n) is 3.37. The predicted octanol–water partition coefficient (Wildman–Crippen LogP) is 4.02. The van der Waals surface area contributed by atoms with Crippen LogP contribution in [0.4, 0.5) is 5.69 Å². The van der Waals surface area contributed by atoms with E-state index in [-0.39, 0.29) is 30.2 Å². The van der Waals surface area contributed by atoms with E-state index in [0.717, 1.165) is 22.8 Å². The van der Waals surface area contributed by atoms with E-state index < -0.39 is 0 Å². The smallest absolute Gasteiger partial charge is 0.227 e. The summed E-state index contributed by atoms with van der Waals surface area (Å²) in [7, 11) is 0. The van der Waals surface area contributed by atoms with Crippen molar-refractivity contribution in [3.05, 3.63) is 45.9 Å². The maximum atomic E-state index is 12.9. The number of anilines is 1. The molecule has 6 heteroatoms. The fourth-order valence-corrected chi connectivity index (χ4v) is 4.36. The Morgan fingerprint density at radius 3 is 2.59 bits per heavy atom. The molecule has 144 valence electrons. The first kappa shape index (κ1) is 19.5. The average molecular weight is 386 g/mol. The summed E-state index contributed by atoms with van der Waals surface area (Å²) < 4.78 is 0. The van der Waals surface area contributed by atoms with Gasteiger partial charge in [0.05, 0.1) is 17.7 Å². The molecule has 2 unspecified atom stereocenters. The van der Waals surface area contributed by atoms with Crippen LogP contribution in [0.1, 0.15) is 48.3 Å². The van der Waals surface area contributed by atoms with Gasteiger partial charge in [-0.1, -0.05) is 32.0 Å². The van der Waals surface area contributed by atoms with Crippen molar-refractivity contribution in [1.82, 2.24) is 10.3 Å². The number of aryl methyl sites for hydroxylation is 2. The highest BCUT2D eigenvalue weighted by Gasteiger charge is 2.36. The maximum absolute atomic E-state index is 12.9. The van der Waals surface area contributed by atoms with Crippen molar-refractivity contribution in [3.63, 3.8) is 0 Å². The number of carbonyl (C=O) groups is 2. The van der Waals surface area contributed by atoms with E-state index in [0.29, 0.717) is 12.5 Å². The third-order valence-electron chi connectivity index (χ3n) is 4.93. The Hall–Kier alpha value is -2.21. The molecule has 1 aromatic heterocycles. The minimum atomic E-state index is -0.325. The van der Waals surface area contributed by atoms with Crippen LogP contribution in [-0.4, -0.2) is 23.3 Å². The number of rotatable bonds is 6. The Kier molecular flexibility index (Phi) is 5.95. The van der Waals surface area contributed by atoms with Crippen LogP contribution in [0.3, 0.4) is 0 Å². The first-order chi connectivity index (χ1) is 12.8. The van der Waals surface area contributed by atoms with Crippen molar-refractivity contribution in [3.8, 4) is 0 Å². The van der Waals surface area contributed by atoms with Gasteiger partial charge in [0.1, 0.15) is 5.01 Å². The molecule has 1 saturated heterocycles. The van der Waals surface area contributed by atoms with Gasteiger partial charge < -0.3 is 10.2 Å². The Balaban J connectivity index is 1.71. The highest BCUT2D eigenvalue weighted by atomic mass is 32.1. The molecule has 1 aliphatic heterocycles. The zero-order valence-corrected chi connectivity index (χ0v) is 17.2. The van der Waals surface area contributed by atoms with Gasteiger partial charge in [0.25, 0.3) is 0 Å². The summed E-state index contributed by atoms with van der Waals surface area (Å²) in [6, 6.07) is 9.43. The molecule has 0 bridgehead atoms. The molecule has 0 spiro atoms. The van der Waals surface area contributed by atoms with Gasteiger partial charge in [0, 0.05) is 23.5 Å². The lowest BCUT2D eigenvalue weighted by Crippen LogP contribution is -2.36. The van der Waals surface area contributed by atoms with Crippen molar-refractivity contribution < 1.29 is 9.59 Å². The van der Waals surface area contributed by atoms with Gasteiger partial charge in [0.2, 0.25) is 11.8 Å². The quantitative estimate of drug-likeness (QED) is 0.817. The van der Waals surface area contributed by atoms with Crippen LogP contribution in [0.25, 0.3) is 0 Å². The molecule has 2 aromatic rings. The lowest BCUT2D eigenvalue weighted by molar-refractivity contribution is -0.127. The molecule has 0 aliphatic carbocycles. The zero-order valence-electron chi connectivity index (χ0n) is 16.4. The summed E-state index contributed by atoms with van der Waals surface area (Å²) in [6.45, 7) is 8.76. The summed E-state index contributed by atoms with van der Waals surface area (Å²) >= 11 is 1.64. The monoisotopic (exact) mass is 385 g/mol. The minimum Gasteiger partial charge on any atom is -0.347 e. The topological polar surface area (TPSA) is 62.3 Å². The standard InChI is InChI=1S/C21H27N3O2S/c1-13(2)10-18(21-22-14(3)15(4)27-21)23-20(26)16-11-19(25)24(12-16)17-8-6-5-7-9-17/h5-9,13,16,18H,10-12H2,1-4H3,(H,23,26). The molecule has 2 atom stereocenters. The summed E-state index contributed by atoms with van der Waals surface area (Å²) in [4.78, 5) is 32.9. The highest BCUT2D eigenvalue weighted by Crippen LogP contribution is 2.29. The van der Waals surface area contributed by atoms with Gasteiger partial charge in [-0.25, -0.2) is 4.98 Å². The summed E-state index contributed by atoms with van der Waals surface area (Å²) in [5.74, 6) is 0.0565. The third-order valence-corrected chi connectivity index (χ3v) is 6.12. The van der Waals surface area contributed by atoms with E-state index in [1.807, 2.05) is 37.3 Å². The van der Waals surface area contributed by atoms with E-state index in [1.165, 1.54) is 4.88 Å². The molecule has 1 fully saturated rings. The van der Waals surface area contributed by atoms with Crippen LogP contribution in [0.15, 0.2) is 30.3 Å². The molecule has 0 radical (unpaired) electrons. The SMILES string of the molecule is Cc1nc(C(CC(C)C)NC(=O)C2CC(=O)N(c3ccccc3)C2)sc1C. The second-order valence-corrected chi connectivity index (χ2v) is 8.86. The average Bonchev–Trinajstić information content (AvgIpc) is 3.17. The van der Waals surface area contributed by atoms with Gasteiger partial charge in [-0.15, -0.1) is 11.3 Å². The molecular weight excluding hydrogens is 358 g/mol. The predicted molar refractivity (Wildman–Crippen MR) is 109 cm³/mol. The lowest BCUT2D eigenvalue weighted by Gasteiger charge is -2.21. The van der Waals surface area contributed by atoms with Crippen LogP contribution in [0, 0.1) is 25.7 Å². The second-order valence-electron chi connectivity index (χ2n) is 7.63. The molecule has 0 saturated carbocycles. The number of nitrogens with one attached hydrogen (secondary N) is 1. The van der Waals surface area contributed by atoms with Crippen LogP contribution in [0.5, 0.6) is 0 Å². The normalized spacial score (nSPS) is 18.2. The van der Waals surface area contributed by atoms with Crippen molar-refractivity contribution >= 4 is 28.8 Å². The van der Waals surface area contributed by atoms with Crippen molar-refractivity contribution in [2.45, 2.75) is 46.6 Å². The molecule has 5 nitrogen and oxygen atoms in total. The maximum Gasteiger partial charge on any atom is 0.227 e. The first-order valence-corrected chi connectivity index (χ1v) is 10.3. The second kappa shape index (κ2) is 8.21. The number of aromatic nitrogens is 1. The summed E-state index contributed by atoms with van der Waals surface area (Å²) in [5.41, 5.74) is 1.87. The molecule has 2 heterocycles. The largest absolute Gasteiger partial charge is 0.347 e. The number of para-hydroxylation sites is 1.